The van der Waals surface area contributed by atoms with Crippen molar-refractivity contribution in [3.05, 3.63) is 40.1 Å². The number of aliphatic imine (C=N–C) groups is 1. The Morgan fingerprint density at radius 1 is 1.27 bits per heavy atom. The quantitative estimate of drug-likeness (QED) is 0.641. The van der Waals surface area contributed by atoms with E-state index in [-0.39, 0.29) is 12.1 Å². The van der Waals surface area contributed by atoms with E-state index in [1.54, 1.807) is 0 Å². The number of carbonyl (C=O) groups excluding carboxylic acids is 1. The highest BCUT2D eigenvalue weighted by molar-refractivity contribution is 5.94. The normalized spacial score (nSPS) is 20.2. The van der Waals surface area contributed by atoms with Gasteiger partial charge in [0.2, 0.25) is 5.90 Å². The Kier molecular flexibility index (Phi) is 6.57. The second-order valence-corrected chi connectivity index (χ2v) is 8.09. The first-order chi connectivity index (χ1) is 14.7. The average Bonchev–Trinajstić information content (AvgIpc) is 3.41. The molecular formula is C23H32N4O3. The molecule has 162 valence electrons. The van der Waals surface area contributed by atoms with E-state index in [1.807, 2.05) is 6.92 Å². The van der Waals surface area contributed by atoms with Crippen molar-refractivity contribution < 1.29 is 14.3 Å². The van der Waals surface area contributed by atoms with Crippen molar-refractivity contribution in [1.29, 1.82) is 0 Å². The third-order valence-electron chi connectivity index (χ3n) is 6.11. The van der Waals surface area contributed by atoms with Gasteiger partial charge < -0.3 is 25.8 Å². The number of fused-ring (bicyclic) bond motifs is 2. The van der Waals surface area contributed by atoms with E-state index in [1.165, 1.54) is 41.3 Å². The zero-order valence-electron chi connectivity index (χ0n) is 17.8. The SMILES string of the molecule is CCOC1CN=C(C(=CN)CCNC(=O)Nc2c3c(cc4c2CCC4)CCC3)OC1. The molecule has 2 amide bonds. The van der Waals surface area contributed by atoms with Gasteiger partial charge in [0, 0.05) is 30.6 Å². The molecule has 1 aliphatic heterocycles. The van der Waals surface area contributed by atoms with Gasteiger partial charge in [-0.05, 0) is 74.1 Å². The van der Waals surface area contributed by atoms with E-state index >= 15 is 0 Å². The van der Waals surface area contributed by atoms with Gasteiger partial charge in [0.15, 0.2) is 0 Å². The van der Waals surface area contributed by atoms with Crippen molar-refractivity contribution in [2.45, 2.75) is 58.0 Å². The summed E-state index contributed by atoms with van der Waals surface area (Å²) in [5, 5.41) is 6.12. The molecule has 1 aromatic carbocycles. The van der Waals surface area contributed by atoms with Gasteiger partial charge in [-0.25, -0.2) is 9.79 Å². The molecule has 1 aromatic rings. The summed E-state index contributed by atoms with van der Waals surface area (Å²) in [5.74, 6) is 0.550. The number of hydrogen-bond acceptors (Lipinski definition) is 5. The maximum absolute atomic E-state index is 12.6. The monoisotopic (exact) mass is 412 g/mol. The maximum Gasteiger partial charge on any atom is 0.319 e. The molecule has 30 heavy (non-hydrogen) atoms. The van der Waals surface area contributed by atoms with Crippen molar-refractivity contribution in [3.8, 4) is 0 Å². The fraction of sp³-hybridized carbons (Fsp3) is 0.565. The van der Waals surface area contributed by atoms with Crippen LogP contribution in [0.3, 0.4) is 0 Å². The molecule has 0 saturated carbocycles. The Labute approximate surface area is 178 Å². The van der Waals surface area contributed by atoms with Crippen molar-refractivity contribution in [2.24, 2.45) is 10.7 Å². The van der Waals surface area contributed by atoms with Crippen LogP contribution in [0.15, 0.2) is 22.8 Å². The van der Waals surface area contributed by atoms with Gasteiger partial charge in [-0.1, -0.05) is 6.07 Å². The first-order valence-electron chi connectivity index (χ1n) is 11.1. The van der Waals surface area contributed by atoms with E-state index in [9.17, 15) is 4.79 Å². The lowest BCUT2D eigenvalue weighted by molar-refractivity contribution is 0.0220. The summed E-state index contributed by atoms with van der Waals surface area (Å²) in [6, 6.07) is 2.20. The Bertz CT molecular complexity index is 830. The van der Waals surface area contributed by atoms with Crippen LogP contribution in [-0.4, -0.2) is 44.3 Å². The van der Waals surface area contributed by atoms with Crippen molar-refractivity contribution in [2.75, 3.05) is 31.6 Å². The number of hydrogen-bond donors (Lipinski definition) is 3. The van der Waals surface area contributed by atoms with Crippen LogP contribution in [0.5, 0.6) is 0 Å². The highest BCUT2D eigenvalue weighted by Crippen LogP contribution is 2.38. The number of rotatable bonds is 7. The van der Waals surface area contributed by atoms with Crippen LogP contribution in [0.2, 0.25) is 0 Å². The molecule has 7 heteroatoms. The zero-order valence-corrected chi connectivity index (χ0v) is 17.8. The molecule has 4 rings (SSSR count). The Hall–Kier alpha value is -2.54. The summed E-state index contributed by atoms with van der Waals surface area (Å²) in [6.07, 6.45) is 8.76. The lowest BCUT2D eigenvalue weighted by atomic mass is 9.99. The third kappa shape index (κ3) is 4.46. The van der Waals surface area contributed by atoms with E-state index in [4.69, 9.17) is 15.2 Å². The van der Waals surface area contributed by atoms with Crippen LogP contribution in [0, 0.1) is 0 Å². The predicted octanol–water partition coefficient (Wildman–Crippen LogP) is 2.85. The Morgan fingerprint density at radius 2 is 2.00 bits per heavy atom. The van der Waals surface area contributed by atoms with Crippen molar-refractivity contribution in [3.63, 3.8) is 0 Å². The standard InChI is InChI=1S/C23H32N4O3/c1-2-29-18-13-26-22(30-14-18)17(12-24)9-10-25-23(28)27-21-19-7-3-5-15(19)11-16-6-4-8-20(16)21/h11-12,18H,2-10,13-14,24H2,1H3,(H2,25,27,28). The van der Waals surface area contributed by atoms with Gasteiger partial charge in [-0.3, -0.25) is 0 Å². The molecule has 0 aromatic heterocycles. The second-order valence-electron chi connectivity index (χ2n) is 8.09. The summed E-state index contributed by atoms with van der Waals surface area (Å²) in [5.41, 5.74) is 13.1. The Morgan fingerprint density at radius 3 is 2.60 bits per heavy atom. The average molecular weight is 413 g/mol. The molecule has 1 atom stereocenters. The summed E-state index contributed by atoms with van der Waals surface area (Å²) < 4.78 is 11.2. The fourth-order valence-electron chi connectivity index (χ4n) is 4.68. The minimum Gasteiger partial charge on any atom is -0.475 e. The molecule has 0 radical (unpaired) electrons. The zero-order chi connectivity index (χ0) is 20.9. The number of nitrogens with zero attached hydrogens (tertiary/aromatic N) is 1. The van der Waals surface area contributed by atoms with Gasteiger partial charge in [-0.2, -0.15) is 0 Å². The van der Waals surface area contributed by atoms with Crippen LogP contribution in [0.4, 0.5) is 10.5 Å². The van der Waals surface area contributed by atoms with Crippen LogP contribution >= 0.6 is 0 Å². The van der Waals surface area contributed by atoms with E-state index < -0.39 is 0 Å². The minimum absolute atomic E-state index is 0.00370. The lowest BCUT2D eigenvalue weighted by Crippen LogP contribution is -2.33. The van der Waals surface area contributed by atoms with E-state index in [2.05, 4.69) is 21.7 Å². The fourth-order valence-corrected chi connectivity index (χ4v) is 4.68. The van der Waals surface area contributed by atoms with Gasteiger partial charge >= 0.3 is 6.03 Å². The smallest absolute Gasteiger partial charge is 0.319 e. The molecule has 3 aliphatic rings. The lowest BCUT2D eigenvalue weighted by Gasteiger charge is -2.23. The maximum atomic E-state index is 12.6. The molecule has 7 nitrogen and oxygen atoms in total. The topological polar surface area (TPSA) is 98.0 Å². The molecule has 0 bridgehead atoms. The second kappa shape index (κ2) is 9.51. The molecule has 1 unspecified atom stereocenters. The number of nitrogens with one attached hydrogen (secondary N) is 2. The molecule has 0 saturated heterocycles. The Balaban J connectivity index is 1.32. The first kappa shape index (κ1) is 20.7. The van der Waals surface area contributed by atoms with Gasteiger partial charge in [0.05, 0.1) is 6.54 Å². The van der Waals surface area contributed by atoms with Crippen molar-refractivity contribution in [1.82, 2.24) is 5.32 Å². The number of nitrogens with two attached hydrogens (primary N) is 1. The highest BCUT2D eigenvalue weighted by Gasteiger charge is 2.25. The summed E-state index contributed by atoms with van der Waals surface area (Å²) in [4.78, 5) is 17.1. The predicted molar refractivity (Wildman–Crippen MR) is 118 cm³/mol. The van der Waals surface area contributed by atoms with Gasteiger partial charge in [0.1, 0.15) is 12.7 Å². The number of aryl methyl sites for hydroxylation is 2. The minimum atomic E-state index is -0.163. The third-order valence-corrected chi connectivity index (χ3v) is 6.11. The number of anilines is 1. The number of carbonyl (C=O) groups is 1. The van der Waals surface area contributed by atoms with Crippen LogP contribution in [-0.2, 0) is 35.2 Å². The van der Waals surface area contributed by atoms with Crippen LogP contribution in [0.25, 0.3) is 0 Å². The molecule has 1 heterocycles. The first-order valence-corrected chi connectivity index (χ1v) is 11.1. The molecule has 0 spiro atoms. The summed E-state index contributed by atoms with van der Waals surface area (Å²) in [6.45, 7) is 4.11. The highest BCUT2D eigenvalue weighted by atomic mass is 16.5. The van der Waals surface area contributed by atoms with Gasteiger partial charge in [-0.15, -0.1) is 0 Å². The number of amides is 2. The molecule has 2 aliphatic carbocycles. The van der Waals surface area contributed by atoms with E-state index in [0.29, 0.717) is 38.6 Å². The van der Waals surface area contributed by atoms with Crippen LogP contribution < -0.4 is 16.4 Å². The largest absolute Gasteiger partial charge is 0.475 e. The number of ether oxygens (including phenoxy) is 2. The number of urea groups is 1. The molecule has 4 N–H and O–H groups in total. The van der Waals surface area contributed by atoms with Gasteiger partial charge in [0.25, 0.3) is 0 Å². The van der Waals surface area contributed by atoms with Crippen molar-refractivity contribution >= 4 is 17.6 Å². The molecular weight excluding hydrogens is 380 g/mol. The van der Waals surface area contributed by atoms with Crippen LogP contribution in [0.1, 0.15) is 48.4 Å². The number of benzene rings is 1. The summed E-state index contributed by atoms with van der Waals surface area (Å²) >= 11 is 0. The summed E-state index contributed by atoms with van der Waals surface area (Å²) in [7, 11) is 0. The van der Waals surface area contributed by atoms with E-state index in [0.717, 1.165) is 36.9 Å². The molecule has 0 fully saturated rings.